The molecule has 3 aromatic rings. The minimum Gasteiger partial charge on any atom is -0.367 e. The second-order valence-electron chi connectivity index (χ2n) is 9.21. The molecule has 1 aliphatic heterocycles. The minimum atomic E-state index is -3.61. The fourth-order valence-electron chi connectivity index (χ4n) is 4.37. The summed E-state index contributed by atoms with van der Waals surface area (Å²) in [6, 6.07) is 13.5. The Morgan fingerprint density at radius 2 is 1.68 bits per heavy atom. The highest BCUT2D eigenvalue weighted by molar-refractivity contribution is 7.90. The van der Waals surface area contributed by atoms with Crippen molar-refractivity contribution in [3.63, 3.8) is 0 Å². The van der Waals surface area contributed by atoms with Gasteiger partial charge in [-0.15, -0.1) is 5.10 Å². The van der Waals surface area contributed by atoms with E-state index < -0.39 is 9.84 Å². The van der Waals surface area contributed by atoms with Crippen LogP contribution in [-0.2, 0) is 15.7 Å². The molecule has 1 aliphatic rings. The van der Waals surface area contributed by atoms with Crippen LogP contribution in [0.2, 0.25) is 0 Å². The van der Waals surface area contributed by atoms with E-state index in [2.05, 4.69) is 34.3 Å². The summed E-state index contributed by atoms with van der Waals surface area (Å²) in [5, 5.41) is 12.1. The zero-order valence-electron chi connectivity index (χ0n) is 19.8. The highest BCUT2D eigenvalue weighted by Gasteiger charge is 2.31. The Morgan fingerprint density at radius 3 is 2.32 bits per heavy atom. The van der Waals surface area contributed by atoms with Crippen molar-refractivity contribution < 1.29 is 12.8 Å². The van der Waals surface area contributed by atoms with Crippen molar-refractivity contribution in [1.29, 1.82) is 0 Å². The third-order valence-corrected chi connectivity index (χ3v) is 7.75. The Labute approximate surface area is 200 Å². The van der Waals surface area contributed by atoms with E-state index in [0.717, 1.165) is 12.0 Å². The van der Waals surface area contributed by atoms with Gasteiger partial charge in [0.15, 0.2) is 21.5 Å². The number of aryl methyl sites for hydroxylation is 1. The van der Waals surface area contributed by atoms with E-state index in [1.54, 1.807) is 36.4 Å². The van der Waals surface area contributed by atoms with Crippen molar-refractivity contribution in [2.45, 2.75) is 44.0 Å². The van der Waals surface area contributed by atoms with E-state index in [4.69, 9.17) is 0 Å². The first-order valence-corrected chi connectivity index (χ1v) is 13.2. The molecule has 0 spiro atoms. The maximum atomic E-state index is 14.3. The third-order valence-electron chi connectivity index (χ3n) is 6.17. The van der Waals surface area contributed by atoms with Gasteiger partial charge in [-0.2, -0.15) is 0 Å². The second kappa shape index (κ2) is 10.2. The molecule has 0 saturated carbocycles. The van der Waals surface area contributed by atoms with E-state index in [9.17, 15) is 12.8 Å². The zero-order valence-corrected chi connectivity index (χ0v) is 20.6. The number of anilines is 1. The Morgan fingerprint density at radius 1 is 1.00 bits per heavy atom. The Bertz CT molecular complexity index is 1200. The lowest BCUT2D eigenvalue weighted by Crippen LogP contribution is -2.48. The van der Waals surface area contributed by atoms with Crippen LogP contribution >= 0.6 is 0 Å². The smallest absolute Gasteiger partial charge is 0.198 e. The molecule has 1 saturated heterocycles. The molecule has 10 heteroatoms. The molecule has 1 fully saturated rings. The first-order chi connectivity index (χ1) is 16.2. The predicted molar refractivity (Wildman–Crippen MR) is 129 cm³/mol. The molecule has 0 radical (unpaired) electrons. The quantitative estimate of drug-likeness (QED) is 0.482. The summed E-state index contributed by atoms with van der Waals surface area (Å²) < 4.78 is 41.8. The lowest BCUT2D eigenvalue weighted by molar-refractivity contribution is 0.153. The number of benzene rings is 2. The Hall–Kier alpha value is -2.85. The topological polar surface area (TPSA) is 84.2 Å². The molecule has 1 atom stereocenters. The SMILES string of the molecule is Cc1ccc(S(=O)(=O)Cn2nnnc2[C@@H](CC(C)C)N2CCN(c3ccccc3F)CC2)cc1. The van der Waals surface area contributed by atoms with Crippen molar-refractivity contribution in [1.82, 2.24) is 25.1 Å². The van der Waals surface area contributed by atoms with Crippen LogP contribution in [0.25, 0.3) is 0 Å². The van der Waals surface area contributed by atoms with Crippen LogP contribution in [0.15, 0.2) is 53.4 Å². The number of hydrogen-bond donors (Lipinski definition) is 0. The fraction of sp³-hybridized carbons (Fsp3) is 0.458. The first-order valence-electron chi connectivity index (χ1n) is 11.5. The molecular formula is C24H31FN6O2S. The molecule has 182 valence electrons. The highest BCUT2D eigenvalue weighted by Crippen LogP contribution is 2.29. The lowest BCUT2D eigenvalue weighted by Gasteiger charge is -2.40. The molecule has 4 rings (SSSR count). The van der Waals surface area contributed by atoms with E-state index in [1.807, 2.05) is 17.9 Å². The summed E-state index contributed by atoms with van der Waals surface area (Å²) >= 11 is 0. The molecule has 0 bridgehead atoms. The van der Waals surface area contributed by atoms with Gasteiger partial charge in [-0.05, 0) is 54.0 Å². The number of nitrogens with zero attached hydrogens (tertiary/aromatic N) is 6. The normalized spacial score (nSPS) is 16.2. The zero-order chi connectivity index (χ0) is 24.3. The number of halogens is 1. The van der Waals surface area contributed by atoms with E-state index >= 15 is 0 Å². The van der Waals surface area contributed by atoms with Crippen LogP contribution in [-0.4, -0.2) is 59.7 Å². The van der Waals surface area contributed by atoms with Crippen LogP contribution in [0.1, 0.15) is 37.7 Å². The summed E-state index contributed by atoms with van der Waals surface area (Å²) in [4.78, 5) is 4.57. The van der Waals surface area contributed by atoms with Crippen LogP contribution in [0.4, 0.5) is 10.1 Å². The molecular weight excluding hydrogens is 455 g/mol. The largest absolute Gasteiger partial charge is 0.367 e. The van der Waals surface area contributed by atoms with Gasteiger partial charge in [0.1, 0.15) is 5.82 Å². The van der Waals surface area contributed by atoms with E-state index in [-0.39, 0.29) is 22.6 Å². The monoisotopic (exact) mass is 486 g/mol. The third kappa shape index (κ3) is 5.44. The fourth-order valence-corrected chi connectivity index (χ4v) is 5.58. The van der Waals surface area contributed by atoms with Gasteiger partial charge in [0.05, 0.1) is 16.6 Å². The van der Waals surface area contributed by atoms with Gasteiger partial charge in [0, 0.05) is 26.2 Å². The molecule has 0 aliphatic carbocycles. The second-order valence-corrected chi connectivity index (χ2v) is 11.2. The number of rotatable bonds is 8. The number of piperazine rings is 1. The van der Waals surface area contributed by atoms with Gasteiger partial charge in [0.25, 0.3) is 0 Å². The lowest BCUT2D eigenvalue weighted by atomic mass is 10.0. The van der Waals surface area contributed by atoms with Crippen molar-refractivity contribution in [2.24, 2.45) is 5.92 Å². The maximum Gasteiger partial charge on any atom is 0.198 e. The Kier molecular flexibility index (Phi) is 7.27. The summed E-state index contributed by atoms with van der Waals surface area (Å²) in [5.41, 5.74) is 1.60. The predicted octanol–water partition coefficient (Wildman–Crippen LogP) is 3.46. The summed E-state index contributed by atoms with van der Waals surface area (Å²) in [7, 11) is -3.61. The standard InChI is InChI=1S/C24H31FN6O2S/c1-18(2)16-23(30-14-12-29(13-15-30)22-7-5-4-6-21(22)25)24-26-27-28-31(24)17-34(32,33)20-10-8-19(3)9-11-20/h4-11,18,23H,12-17H2,1-3H3/t23-/m1/s1. The van der Waals surface area contributed by atoms with Gasteiger partial charge in [-0.1, -0.05) is 43.7 Å². The van der Waals surface area contributed by atoms with Crippen LogP contribution in [0.5, 0.6) is 0 Å². The van der Waals surface area contributed by atoms with Crippen LogP contribution in [0, 0.1) is 18.7 Å². The summed E-state index contributed by atoms with van der Waals surface area (Å²) in [6.07, 6.45) is 0.782. The molecule has 2 heterocycles. The van der Waals surface area contributed by atoms with Crippen LogP contribution in [0.3, 0.4) is 0 Å². The summed E-state index contributed by atoms with van der Waals surface area (Å²) in [5.74, 6) is 0.361. The van der Waals surface area contributed by atoms with Crippen molar-refractivity contribution in [3.05, 3.63) is 65.7 Å². The molecule has 0 amide bonds. The molecule has 0 N–H and O–H groups in total. The van der Waals surface area contributed by atoms with E-state index in [1.165, 1.54) is 10.7 Å². The summed E-state index contributed by atoms with van der Waals surface area (Å²) in [6.45, 7) is 8.89. The number of sulfone groups is 1. The number of tetrazole rings is 1. The molecule has 2 aromatic carbocycles. The molecule has 1 aromatic heterocycles. The average Bonchev–Trinajstić information content (AvgIpc) is 3.25. The minimum absolute atomic E-state index is 0.133. The van der Waals surface area contributed by atoms with Crippen LogP contribution < -0.4 is 4.90 Å². The highest BCUT2D eigenvalue weighted by atomic mass is 32.2. The number of para-hydroxylation sites is 1. The Balaban J connectivity index is 1.54. The van der Waals surface area contributed by atoms with Gasteiger partial charge in [-0.25, -0.2) is 17.5 Å². The van der Waals surface area contributed by atoms with Gasteiger partial charge >= 0.3 is 0 Å². The molecule has 8 nitrogen and oxygen atoms in total. The van der Waals surface area contributed by atoms with Gasteiger partial charge in [0.2, 0.25) is 0 Å². The molecule has 0 unspecified atom stereocenters. The first kappa shape index (κ1) is 24.3. The van der Waals surface area contributed by atoms with Crippen molar-refractivity contribution >= 4 is 15.5 Å². The van der Waals surface area contributed by atoms with Gasteiger partial charge < -0.3 is 4.90 Å². The molecule has 34 heavy (non-hydrogen) atoms. The van der Waals surface area contributed by atoms with Crippen molar-refractivity contribution in [3.8, 4) is 0 Å². The number of aromatic nitrogens is 4. The maximum absolute atomic E-state index is 14.3. The van der Waals surface area contributed by atoms with Gasteiger partial charge in [-0.3, -0.25) is 4.90 Å². The van der Waals surface area contributed by atoms with E-state index in [0.29, 0.717) is 43.6 Å². The van der Waals surface area contributed by atoms with Crippen molar-refractivity contribution in [2.75, 3.05) is 31.1 Å². The number of hydrogen-bond acceptors (Lipinski definition) is 7. The average molecular weight is 487 g/mol.